The fourth-order valence-electron chi connectivity index (χ4n) is 2.09. The maximum atomic E-state index is 12.0. The molecule has 1 aromatic heterocycles. The van der Waals surface area contributed by atoms with E-state index in [4.69, 9.17) is 0 Å². The molecule has 7 heteroatoms. The largest absolute Gasteiger partial charge is 0.441 e. The minimum absolute atomic E-state index is 0.128. The van der Waals surface area contributed by atoms with Crippen LogP contribution in [0.4, 0.5) is 5.69 Å². The van der Waals surface area contributed by atoms with Crippen LogP contribution >= 0.6 is 11.8 Å². The van der Waals surface area contributed by atoms with E-state index in [1.54, 1.807) is 7.05 Å². The molecule has 0 radical (unpaired) electrons. The highest BCUT2D eigenvalue weighted by Crippen LogP contribution is 2.19. The van der Waals surface area contributed by atoms with E-state index in [9.17, 15) is 9.59 Å². The molecule has 3 aromatic rings. The molecule has 0 fully saturated rings. The van der Waals surface area contributed by atoms with Crippen LogP contribution in [0.3, 0.4) is 0 Å². The first-order valence-electron chi connectivity index (χ1n) is 6.62. The number of nitrogens with zero attached hydrogens (tertiary/aromatic N) is 1. The van der Waals surface area contributed by atoms with Crippen LogP contribution in [0.15, 0.2) is 56.8 Å². The molecule has 112 valence electrons. The first-order valence-corrected chi connectivity index (χ1v) is 7.61. The number of carbonyl (C=O) groups is 1. The Morgan fingerprint density at radius 3 is 2.77 bits per heavy atom. The molecule has 0 atom stereocenters. The first kappa shape index (κ1) is 14.4. The molecule has 0 saturated carbocycles. The highest BCUT2D eigenvalue weighted by atomic mass is 32.2. The Morgan fingerprint density at radius 2 is 2.05 bits per heavy atom. The maximum absolute atomic E-state index is 12.0. The Hall–Kier alpha value is -2.54. The van der Waals surface area contributed by atoms with Crippen LogP contribution in [-0.2, 0) is 11.8 Å². The van der Waals surface area contributed by atoms with Gasteiger partial charge in [-0.1, -0.05) is 35.0 Å². The van der Waals surface area contributed by atoms with E-state index in [1.807, 2.05) is 42.5 Å². The first-order chi connectivity index (χ1) is 10.6. The highest BCUT2D eigenvalue weighted by Gasteiger charge is 2.19. The van der Waals surface area contributed by atoms with Crippen molar-refractivity contribution < 1.29 is 14.0 Å². The molecule has 3 rings (SSSR count). The summed E-state index contributed by atoms with van der Waals surface area (Å²) in [6, 6.07) is 13.7. The van der Waals surface area contributed by atoms with Gasteiger partial charge in [0.1, 0.15) is 0 Å². The number of hydrogen-bond donors (Lipinski definition) is 2. The number of anilines is 1. The van der Waals surface area contributed by atoms with Gasteiger partial charge >= 0.3 is 10.7 Å². The monoisotopic (exact) mass is 316 g/mol. The Labute approximate surface area is 130 Å². The number of hydrogen-bond acceptors (Lipinski definition) is 4. The summed E-state index contributed by atoms with van der Waals surface area (Å²) in [6.07, 6.45) is 0. The van der Waals surface area contributed by atoms with Crippen molar-refractivity contribution in [1.29, 1.82) is 0 Å². The third kappa shape index (κ3) is 3.04. The molecule has 0 aliphatic carbocycles. The highest BCUT2D eigenvalue weighted by molar-refractivity contribution is 7.99. The van der Waals surface area contributed by atoms with Crippen molar-refractivity contribution in [3.05, 3.63) is 52.9 Å². The number of carbonyl (C=O) groups excluding carboxylic acids is 1. The number of aryl methyl sites for hydroxylation is 1. The van der Waals surface area contributed by atoms with Gasteiger partial charge in [0.2, 0.25) is 5.91 Å². The molecule has 0 spiro atoms. The van der Waals surface area contributed by atoms with Crippen molar-refractivity contribution in [1.82, 2.24) is 5.27 Å². The van der Waals surface area contributed by atoms with E-state index in [-0.39, 0.29) is 11.7 Å². The fraction of sp³-hybridized carbons (Fsp3) is 0.133. The average Bonchev–Trinajstić information content (AvgIpc) is 2.84. The number of fused-ring (bicyclic) bond motifs is 1. The van der Waals surface area contributed by atoms with E-state index in [2.05, 4.69) is 15.1 Å². The van der Waals surface area contributed by atoms with Crippen molar-refractivity contribution in [3.8, 4) is 0 Å². The third-order valence-corrected chi connectivity index (χ3v) is 4.25. The number of aromatic amines is 1. The van der Waals surface area contributed by atoms with Crippen LogP contribution in [0.2, 0.25) is 0 Å². The van der Waals surface area contributed by atoms with Crippen LogP contribution in [0.1, 0.15) is 0 Å². The lowest BCUT2D eigenvalue weighted by atomic mass is 10.1. The van der Waals surface area contributed by atoms with Gasteiger partial charge in [-0.3, -0.25) is 9.32 Å². The zero-order valence-corrected chi connectivity index (χ0v) is 12.6. The summed E-state index contributed by atoms with van der Waals surface area (Å²) in [5, 5.41) is 7.76. The van der Waals surface area contributed by atoms with E-state index in [1.165, 1.54) is 4.68 Å². The molecule has 0 aliphatic rings. The lowest BCUT2D eigenvalue weighted by Gasteiger charge is -2.05. The molecular weight excluding hydrogens is 302 g/mol. The van der Waals surface area contributed by atoms with E-state index >= 15 is 0 Å². The summed E-state index contributed by atoms with van der Waals surface area (Å²) in [5.74, 6) is -0.0515. The minimum Gasteiger partial charge on any atom is -0.325 e. The zero-order chi connectivity index (χ0) is 15.5. The molecule has 0 unspecified atom stereocenters. The molecule has 0 saturated heterocycles. The van der Waals surface area contributed by atoms with Crippen molar-refractivity contribution in [2.45, 2.75) is 5.03 Å². The Kier molecular flexibility index (Phi) is 3.97. The smallest absolute Gasteiger partial charge is 0.325 e. The van der Waals surface area contributed by atoms with Crippen LogP contribution in [-0.4, -0.2) is 16.9 Å². The van der Waals surface area contributed by atoms with Crippen molar-refractivity contribution in [2.75, 3.05) is 11.1 Å². The van der Waals surface area contributed by atoms with Crippen LogP contribution < -0.4 is 15.6 Å². The van der Waals surface area contributed by atoms with Crippen molar-refractivity contribution >= 4 is 34.1 Å². The molecule has 2 N–H and O–H groups in total. The number of rotatable bonds is 4. The van der Waals surface area contributed by atoms with Crippen molar-refractivity contribution in [3.63, 3.8) is 0 Å². The number of benzene rings is 2. The Morgan fingerprint density at radius 1 is 1.27 bits per heavy atom. The summed E-state index contributed by atoms with van der Waals surface area (Å²) in [4.78, 5) is 23.4. The zero-order valence-electron chi connectivity index (χ0n) is 11.8. The Balaban J connectivity index is 1.67. The predicted molar refractivity (Wildman–Crippen MR) is 83.8 cm³/mol. The van der Waals surface area contributed by atoms with Gasteiger partial charge in [0, 0.05) is 5.69 Å². The number of amides is 1. The summed E-state index contributed by atoms with van der Waals surface area (Å²) in [7, 11) is 1.65. The van der Waals surface area contributed by atoms with Gasteiger partial charge in [-0.25, -0.2) is 4.79 Å². The van der Waals surface area contributed by atoms with Crippen LogP contribution in [0.25, 0.3) is 10.8 Å². The second kappa shape index (κ2) is 6.07. The number of nitrogens with one attached hydrogen (secondary N) is 2. The number of aromatic nitrogens is 2. The standard InChI is InChI=1S/C15H13N3O3S/c1-18-14(15(20)21-17-18)22-9-13(19)16-12-7-6-10-4-2-3-5-11(10)8-12/h2-8H,9H2,1H3,(H-,16,17,19,20)/p+1. The predicted octanol–water partition coefficient (Wildman–Crippen LogP) is 1.68. The SMILES string of the molecule is C[n+]1[nH]oc(=O)c1SCC(=O)Nc1ccc2ccccc2c1. The molecule has 0 aliphatic heterocycles. The normalized spacial score (nSPS) is 10.8. The van der Waals surface area contributed by atoms with Gasteiger partial charge in [-0.15, -0.1) is 0 Å². The molecular formula is C15H14N3O3S+. The van der Waals surface area contributed by atoms with Gasteiger partial charge in [-0.05, 0) is 39.9 Å². The lowest BCUT2D eigenvalue weighted by molar-refractivity contribution is -0.772. The van der Waals surface area contributed by atoms with E-state index in [0.29, 0.717) is 5.03 Å². The summed E-state index contributed by atoms with van der Waals surface area (Å²) < 4.78 is 6.06. The van der Waals surface area contributed by atoms with Crippen LogP contribution in [0.5, 0.6) is 0 Å². The van der Waals surface area contributed by atoms with Gasteiger partial charge in [0.05, 0.1) is 5.75 Å². The molecule has 1 amide bonds. The maximum Gasteiger partial charge on any atom is 0.441 e. The summed E-state index contributed by atoms with van der Waals surface area (Å²) >= 11 is 1.12. The molecule has 0 bridgehead atoms. The quantitative estimate of drug-likeness (QED) is 0.567. The minimum atomic E-state index is -0.481. The average molecular weight is 316 g/mol. The molecule has 6 nitrogen and oxygen atoms in total. The topological polar surface area (TPSA) is 79.0 Å². The van der Waals surface area contributed by atoms with E-state index in [0.717, 1.165) is 28.2 Å². The second-order valence-electron chi connectivity index (χ2n) is 4.74. The number of thioether (sulfide) groups is 1. The molecule has 2 aromatic carbocycles. The summed E-state index contributed by atoms with van der Waals surface area (Å²) in [5.41, 5.74) is 0.251. The Bertz CT molecular complexity index is 885. The van der Waals surface area contributed by atoms with Crippen molar-refractivity contribution in [2.24, 2.45) is 7.05 Å². The van der Waals surface area contributed by atoms with Gasteiger partial charge < -0.3 is 5.32 Å². The van der Waals surface area contributed by atoms with Crippen LogP contribution in [0, 0.1) is 0 Å². The molecule has 1 heterocycles. The fourth-order valence-corrected chi connectivity index (χ4v) is 2.82. The lowest BCUT2D eigenvalue weighted by Crippen LogP contribution is -2.34. The number of H-pyrrole nitrogens is 1. The van der Waals surface area contributed by atoms with Gasteiger partial charge in [0.15, 0.2) is 7.05 Å². The molecule has 22 heavy (non-hydrogen) atoms. The van der Waals surface area contributed by atoms with E-state index < -0.39 is 5.63 Å². The van der Waals surface area contributed by atoms with Gasteiger partial charge in [-0.2, -0.15) is 0 Å². The second-order valence-corrected chi connectivity index (χ2v) is 5.71. The van der Waals surface area contributed by atoms with Gasteiger partial charge in [0.25, 0.3) is 0 Å². The third-order valence-electron chi connectivity index (χ3n) is 3.13. The summed E-state index contributed by atoms with van der Waals surface area (Å²) in [6.45, 7) is 0.